The summed E-state index contributed by atoms with van der Waals surface area (Å²) in [5.74, 6) is 0.0544. The van der Waals surface area contributed by atoms with Crippen molar-refractivity contribution in [3.05, 3.63) is 0 Å². The van der Waals surface area contributed by atoms with Gasteiger partial charge in [-0.25, -0.2) is 0 Å². The number of hydrogen-bond donors (Lipinski definition) is 0. The number of carbonyl (C=O) groups excluding carboxylic acids is 1. The van der Waals surface area contributed by atoms with Gasteiger partial charge < -0.3 is 9.47 Å². The normalized spacial score (nSPS) is 55.8. The van der Waals surface area contributed by atoms with E-state index in [1.54, 1.807) is 0 Å². The van der Waals surface area contributed by atoms with E-state index in [0.29, 0.717) is 6.10 Å². The minimum atomic E-state index is -0.0324. The topological polar surface area (TPSA) is 35.5 Å². The van der Waals surface area contributed by atoms with Gasteiger partial charge in [-0.1, -0.05) is 0 Å². The van der Waals surface area contributed by atoms with Crippen LogP contribution >= 0.6 is 0 Å². The van der Waals surface area contributed by atoms with Crippen molar-refractivity contribution in [3.8, 4) is 0 Å². The van der Waals surface area contributed by atoms with Gasteiger partial charge in [0.25, 0.3) is 0 Å². The van der Waals surface area contributed by atoms with Gasteiger partial charge in [-0.3, -0.25) is 4.79 Å². The van der Waals surface area contributed by atoms with Crippen LogP contribution in [-0.2, 0) is 14.3 Å². The van der Waals surface area contributed by atoms with Crippen molar-refractivity contribution in [3.63, 3.8) is 0 Å². The Hall–Kier alpha value is -0.570. The van der Waals surface area contributed by atoms with Gasteiger partial charge in [0.1, 0.15) is 12.2 Å². The lowest BCUT2D eigenvalue weighted by Gasteiger charge is -2.07. The third kappa shape index (κ3) is 0.408. The fourth-order valence-corrected chi connectivity index (χ4v) is 2.26. The predicted octanol–water partition coefficient (Wildman–Crippen LogP) is 0.0892. The van der Waals surface area contributed by atoms with E-state index < -0.39 is 0 Å². The van der Waals surface area contributed by atoms with Gasteiger partial charge in [0, 0.05) is 6.42 Å². The third-order valence-corrected chi connectivity index (χ3v) is 2.69. The maximum absolute atomic E-state index is 11.0. The molecule has 10 heavy (non-hydrogen) atoms. The summed E-state index contributed by atoms with van der Waals surface area (Å²) in [5.41, 5.74) is 0. The zero-order chi connectivity index (χ0) is 6.72. The van der Waals surface area contributed by atoms with Crippen LogP contribution in [0.1, 0.15) is 12.8 Å². The summed E-state index contributed by atoms with van der Waals surface area (Å²) in [4.78, 5) is 11.0. The van der Waals surface area contributed by atoms with Crippen molar-refractivity contribution < 1.29 is 14.3 Å². The van der Waals surface area contributed by atoms with Crippen molar-refractivity contribution in [2.75, 3.05) is 0 Å². The smallest absolute Gasteiger partial charge is 0.312 e. The molecule has 3 aliphatic rings. The average molecular weight is 140 g/mol. The molecule has 3 fully saturated rings. The quantitative estimate of drug-likeness (QED) is 0.447. The number of carbonyl (C=O) groups is 1. The first-order chi connectivity index (χ1) is 4.84. The zero-order valence-corrected chi connectivity index (χ0v) is 5.45. The summed E-state index contributed by atoms with van der Waals surface area (Å²) < 4.78 is 10.6. The molecule has 0 N–H and O–H groups in total. The standard InChI is InChI=1S/C7H8O3/c8-7-4-1-3-2-5(10-7)6(4)9-3/h3-6H,1-2H2/t3-,4+,5-,6+/m0/s1. The molecule has 3 aliphatic heterocycles. The van der Waals surface area contributed by atoms with Gasteiger partial charge in [-0.05, 0) is 6.42 Å². The minimum Gasteiger partial charge on any atom is -0.459 e. The van der Waals surface area contributed by atoms with Crippen LogP contribution in [0.5, 0.6) is 0 Å². The summed E-state index contributed by atoms with van der Waals surface area (Å²) in [6.07, 6.45) is 2.40. The molecule has 0 spiro atoms. The number of esters is 1. The summed E-state index contributed by atoms with van der Waals surface area (Å²) in [6.45, 7) is 0. The van der Waals surface area contributed by atoms with Crippen molar-refractivity contribution in [2.45, 2.75) is 31.2 Å². The zero-order valence-electron chi connectivity index (χ0n) is 5.45. The van der Waals surface area contributed by atoms with Crippen LogP contribution in [0, 0.1) is 5.92 Å². The largest absolute Gasteiger partial charge is 0.459 e. The fourth-order valence-electron chi connectivity index (χ4n) is 2.26. The molecule has 3 rings (SSSR count). The number of fused-ring (bicyclic) bond motifs is 1. The Labute approximate surface area is 58.3 Å². The number of hydrogen-bond acceptors (Lipinski definition) is 3. The Morgan fingerprint density at radius 2 is 2.30 bits per heavy atom. The molecule has 0 radical (unpaired) electrons. The lowest BCUT2D eigenvalue weighted by molar-refractivity contribution is -0.143. The summed E-state index contributed by atoms with van der Waals surface area (Å²) in [5, 5.41) is 0. The number of ether oxygens (including phenoxy) is 2. The molecule has 3 heterocycles. The Kier molecular flexibility index (Phi) is 0.703. The molecule has 54 valence electrons. The highest BCUT2D eigenvalue weighted by Crippen LogP contribution is 2.45. The Balaban J connectivity index is 2.05. The van der Waals surface area contributed by atoms with Crippen LogP contribution in [0.3, 0.4) is 0 Å². The van der Waals surface area contributed by atoms with Gasteiger partial charge in [-0.15, -0.1) is 0 Å². The SMILES string of the molecule is O=C1O[C@H]2C[C@@H]3C[C@@H]1[C@H]2O3. The van der Waals surface area contributed by atoms with E-state index in [0.717, 1.165) is 12.8 Å². The van der Waals surface area contributed by atoms with E-state index in [9.17, 15) is 4.79 Å². The molecular weight excluding hydrogens is 132 g/mol. The number of rotatable bonds is 0. The van der Waals surface area contributed by atoms with Crippen LogP contribution in [0.4, 0.5) is 0 Å². The van der Waals surface area contributed by atoms with Crippen LogP contribution < -0.4 is 0 Å². The second kappa shape index (κ2) is 1.37. The van der Waals surface area contributed by atoms with Gasteiger partial charge in [0.15, 0.2) is 0 Å². The Morgan fingerprint density at radius 3 is 2.90 bits per heavy atom. The predicted molar refractivity (Wildman–Crippen MR) is 31.3 cm³/mol. The molecule has 0 aromatic rings. The van der Waals surface area contributed by atoms with Crippen LogP contribution in [-0.4, -0.2) is 24.3 Å². The monoisotopic (exact) mass is 140 g/mol. The molecule has 0 amide bonds. The molecule has 3 saturated heterocycles. The second-order valence-corrected chi connectivity index (χ2v) is 3.28. The first kappa shape index (κ1) is 5.13. The maximum atomic E-state index is 11.0. The van der Waals surface area contributed by atoms with E-state index >= 15 is 0 Å². The van der Waals surface area contributed by atoms with E-state index in [4.69, 9.17) is 9.47 Å². The highest BCUT2D eigenvalue weighted by molar-refractivity contribution is 5.76. The second-order valence-electron chi connectivity index (χ2n) is 3.28. The summed E-state index contributed by atoms with van der Waals surface area (Å²) in [7, 11) is 0. The molecule has 0 aromatic heterocycles. The van der Waals surface area contributed by atoms with E-state index in [1.165, 1.54) is 0 Å². The molecule has 2 bridgehead atoms. The highest BCUT2D eigenvalue weighted by atomic mass is 16.6. The molecule has 3 nitrogen and oxygen atoms in total. The fraction of sp³-hybridized carbons (Fsp3) is 0.857. The first-order valence-electron chi connectivity index (χ1n) is 3.70. The molecule has 0 aromatic carbocycles. The first-order valence-corrected chi connectivity index (χ1v) is 3.70. The van der Waals surface area contributed by atoms with Gasteiger partial charge in [0.05, 0.1) is 12.0 Å². The Bertz CT molecular complexity index is 199. The Morgan fingerprint density at radius 1 is 1.40 bits per heavy atom. The molecule has 4 atom stereocenters. The molecule has 0 unspecified atom stereocenters. The summed E-state index contributed by atoms with van der Waals surface area (Å²) >= 11 is 0. The van der Waals surface area contributed by atoms with E-state index in [1.807, 2.05) is 0 Å². The van der Waals surface area contributed by atoms with Crippen LogP contribution in [0.2, 0.25) is 0 Å². The van der Waals surface area contributed by atoms with Crippen molar-refractivity contribution in [1.82, 2.24) is 0 Å². The van der Waals surface area contributed by atoms with Crippen LogP contribution in [0.25, 0.3) is 0 Å². The van der Waals surface area contributed by atoms with Crippen molar-refractivity contribution >= 4 is 5.97 Å². The van der Waals surface area contributed by atoms with E-state index in [-0.39, 0.29) is 24.1 Å². The highest BCUT2D eigenvalue weighted by Gasteiger charge is 2.57. The lowest BCUT2D eigenvalue weighted by Crippen LogP contribution is -2.22. The van der Waals surface area contributed by atoms with Gasteiger partial charge in [-0.2, -0.15) is 0 Å². The van der Waals surface area contributed by atoms with Crippen molar-refractivity contribution in [1.29, 1.82) is 0 Å². The third-order valence-electron chi connectivity index (χ3n) is 2.69. The van der Waals surface area contributed by atoms with Crippen LogP contribution in [0.15, 0.2) is 0 Å². The minimum absolute atomic E-state index is 0.0324. The van der Waals surface area contributed by atoms with Crippen molar-refractivity contribution in [2.24, 2.45) is 5.92 Å². The lowest BCUT2D eigenvalue weighted by atomic mass is 9.90. The molecule has 0 aliphatic carbocycles. The van der Waals surface area contributed by atoms with Gasteiger partial charge >= 0.3 is 5.97 Å². The molecule has 0 saturated carbocycles. The molecular formula is C7H8O3. The average Bonchev–Trinajstić information content (AvgIpc) is 2.44. The maximum Gasteiger partial charge on any atom is 0.312 e. The van der Waals surface area contributed by atoms with Gasteiger partial charge in [0.2, 0.25) is 0 Å². The molecule has 3 heteroatoms. The summed E-state index contributed by atoms with van der Waals surface area (Å²) in [6, 6.07) is 0. The van der Waals surface area contributed by atoms with E-state index in [2.05, 4.69) is 0 Å².